The van der Waals surface area contributed by atoms with Gasteiger partial charge in [-0.05, 0) is 18.4 Å². The first-order valence-corrected chi connectivity index (χ1v) is 5.66. The standard InChI is InChI=1S/C9H14NO2P/c10-9(13(11)12)7-6-8-4-2-1-3-5-8/h1-5,9,13H,6-7,10H2,(H,11,12). The first-order valence-electron chi connectivity index (χ1n) is 4.22. The van der Waals surface area contributed by atoms with Crippen molar-refractivity contribution < 1.29 is 9.46 Å². The van der Waals surface area contributed by atoms with Crippen LogP contribution in [0.25, 0.3) is 0 Å². The minimum Gasteiger partial charge on any atom is -0.345 e. The van der Waals surface area contributed by atoms with E-state index < -0.39 is 13.8 Å². The zero-order valence-electron chi connectivity index (χ0n) is 7.31. The third kappa shape index (κ3) is 3.73. The molecular weight excluding hydrogens is 185 g/mol. The molecule has 0 aliphatic heterocycles. The molecule has 1 aromatic carbocycles. The molecule has 1 aromatic rings. The van der Waals surface area contributed by atoms with Gasteiger partial charge in [-0.2, -0.15) is 0 Å². The van der Waals surface area contributed by atoms with Gasteiger partial charge in [0.2, 0.25) is 8.03 Å². The van der Waals surface area contributed by atoms with Crippen LogP contribution in [0.4, 0.5) is 0 Å². The van der Waals surface area contributed by atoms with Gasteiger partial charge in [-0.3, -0.25) is 4.57 Å². The van der Waals surface area contributed by atoms with Gasteiger partial charge in [0.05, 0.1) is 5.78 Å². The summed E-state index contributed by atoms with van der Waals surface area (Å²) < 4.78 is 10.6. The molecule has 1 rings (SSSR count). The first kappa shape index (κ1) is 10.5. The van der Waals surface area contributed by atoms with Crippen molar-refractivity contribution in [2.24, 2.45) is 5.73 Å². The quantitative estimate of drug-likeness (QED) is 0.720. The molecule has 0 amide bonds. The minimum absolute atomic E-state index is 0.565. The van der Waals surface area contributed by atoms with Crippen molar-refractivity contribution in [1.29, 1.82) is 0 Å². The monoisotopic (exact) mass is 199 g/mol. The maximum atomic E-state index is 10.6. The van der Waals surface area contributed by atoms with Crippen molar-refractivity contribution >= 4 is 8.03 Å². The summed E-state index contributed by atoms with van der Waals surface area (Å²) in [5, 5.41) is 0. The Morgan fingerprint density at radius 1 is 1.38 bits per heavy atom. The zero-order chi connectivity index (χ0) is 9.68. The molecule has 72 valence electrons. The van der Waals surface area contributed by atoms with E-state index in [4.69, 9.17) is 10.6 Å². The molecule has 0 heterocycles. The van der Waals surface area contributed by atoms with Crippen LogP contribution in [0.5, 0.6) is 0 Å². The van der Waals surface area contributed by atoms with E-state index in [-0.39, 0.29) is 0 Å². The molecule has 3 N–H and O–H groups in total. The van der Waals surface area contributed by atoms with Crippen molar-refractivity contribution in [2.75, 3.05) is 0 Å². The molecule has 0 spiro atoms. The smallest absolute Gasteiger partial charge is 0.205 e. The highest BCUT2D eigenvalue weighted by Crippen LogP contribution is 2.21. The third-order valence-electron chi connectivity index (χ3n) is 1.90. The second-order valence-corrected chi connectivity index (χ2v) is 4.39. The summed E-state index contributed by atoms with van der Waals surface area (Å²) in [7, 11) is -2.55. The second-order valence-electron chi connectivity index (χ2n) is 2.97. The highest BCUT2D eigenvalue weighted by Gasteiger charge is 2.07. The van der Waals surface area contributed by atoms with Crippen molar-refractivity contribution in [2.45, 2.75) is 18.6 Å². The Morgan fingerprint density at radius 3 is 2.54 bits per heavy atom. The summed E-state index contributed by atoms with van der Waals surface area (Å²) in [5.41, 5.74) is 6.60. The van der Waals surface area contributed by atoms with Crippen LogP contribution in [0.3, 0.4) is 0 Å². The molecule has 0 fully saturated rings. The predicted octanol–water partition coefficient (Wildman–Crippen LogP) is 1.37. The van der Waals surface area contributed by atoms with Crippen LogP contribution in [0.2, 0.25) is 0 Å². The Bertz CT molecular complexity index is 276. The van der Waals surface area contributed by atoms with Crippen LogP contribution in [0, 0.1) is 0 Å². The van der Waals surface area contributed by atoms with Crippen LogP contribution in [-0.4, -0.2) is 10.7 Å². The van der Waals surface area contributed by atoms with E-state index in [9.17, 15) is 4.57 Å². The van der Waals surface area contributed by atoms with Crippen molar-refractivity contribution in [1.82, 2.24) is 0 Å². The number of nitrogens with two attached hydrogens (primary N) is 1. The Morgan fingerprint density at radius 2 is 2.00 bits per heavy atom. The molecule has 0 aliphatic rings. The van der Waals surface area contributed by atoms with E-state index in [0.717, 1.165) is 12.0 Å². The number of aryl methyl sites for hydroxylation is 1. The van der Waals surface area contributed by atoms with E-state index in [1.165, 1.54) is 0 Å². The topological polar surface area (TPSA) is 63.3 Å². The summed E-state index contributed by atoms with van der Waals surface area (Å²) in [6.45, 7) is 0. The summed E-state index contributed by atoms with van der Waals surface area (Å²) in [6.07, 6.45) is 1.33. The van der Waals surface area contributed by atoms with E-state index >= 15 is 0 Å². The Labute approximate surface area is 78.5 Å². The maximum absolute atomic E-state index is 10.6. The predicted molar refractivity (Wildman–Crippen MR) is 54.0 cm³/mol. The van der Waals surface area contributed by atoms with Gasteiger partial charge in [0.25, 0.3) is 0 Å². The van der Waals surface area contributed by atoms with Gasteiger partial charge < -0.3 is 10.6 Å². The first-order chi connectivity index (χ1) is 6.20. The summed E-state index contributed by atoms with van der Waals surface area (Å²) in [4.78, 5) is 8.72. The number of rotatable bonds is 4. The lowest BCUT2D eigenvalue weighted by Crippen LogP contribution is -2.15. The fraction of sp³-hybridized carbons (Fsp3) is 0.333. The Hall–Kier alpha value is -0.630. The van der Waals surface area contributed by atoms with Gasteiger partial charge in [0.1, 0.15) is 0 Å². The Kier molecular flexibility index (Phi) is 4.16. The van der Waals surface area contributed by atoms with E-state index in [0.29, 0.717) is 6.42 Å². The van der Waals surface area contributed by atoms with Crippen LogP contribution in [0.1, 0.15) is 12.0 Å². The van der Waals surface area contributed by atoms with Gasteiger partial charge in [-0.25, -0.2) is 0 Å². The molecule has 0 radical (unpaired) electrons. The van der Waals surface area contributed by atoms with Crippen LogP contribution in [0.15, 0.2) is 30.3 Å². The molecule has 0 bridgehead atoms. The molecule has 3 nitrogen and oxygen atoms in total. The molecule has 13 heavy (non-hydrogen) atoms. The maximum Gasteiger partial charge on any atom is 0.205 e. The van der Waals surface area contributed by atoms with Crippen LogP contribution >= 0.6 is 8.03 Å². The lowest BCUT2D eigenvalue weighted by Gasteiger charge is -2.06. The van der Waals surface area contributed by atoms with Crippen LogP contribution < -0.4 is 5.73 Å². The fourth-order valence-electron chi connectivity index (χ4n) is 1.09. The summed E-state index contributed by atoms with van der Waals surface area (Å²) >= 11 is 0. The highest BCUT2D eigenvalue weighted by atomic mass is 31.1. The molecule has 4 heteroatoms. The average Bonchev–Trinajstić information content (AvgIpc) is 2.15. The molecule has 0 aliphatic carbocycles. The normalized spacial score (nSPS) is 15.2. The van der Waals surface area contributed by atoms with E-state index in [1.54, 1.807) is 0 Å². The van der Waals surface area contributed by atoms with Crippen LogP contribution in [-0.2, 0) is 11.0 Å². The van der Waals surface area contributed by atoms with Gasteiger partial charge in [-0.1, -0.05) is 30.3 Å². The lowest BCUT2D eigenvalue weighted by molar-refractivity contribution is 0.485. The average molecular weight is 199 g/mol. The third-order valence-corrected chi connectivity index (χ3v) is 2.83. The highest BCUT2D eigenvalue weighted by molar-refractivity contribution is 7.38. The SMILES string of the molecule is NC(CCc1ccccc1)[PH](=O)O. The number of hydrogen-bond donors (Lipinski definition) is 2. The molecular formula is C9H14NO2P. The van der Waals surface area contributed by atoms with Gasteiger partial charge >= 0.3 is 0 Å². The van der Waals surface area contributed by atoms with Crippen molar-refractivity contribution in [3.63, 3.8) is 0 Å². The van der Waals surface area contributed by atoms with Gasteiger partial charge in [0, 0.05) is 0 Å². The fourth-order valence-corrected chi connectivity index (χ4v) is 1.48. The summed E-state index contributed by atoms with van der Waals surface area (Å²) in [6, 6.07) is 9.81. The van der Waals surface area contributed by atoms with E-state index in [2.05, 4.69) is 0 Å². The Balaban J connectivity index is 2.39. The van der Waals surface area contributed by atoms with E-state index in [1.807, 2.05) is 30.3 Å². The lowest BCUT2D eigenvalue weighted by atomic mass is 10.1. The molecule has 0 saturated heterocycles. The van der Waals surface area contributed by atoms with Gasteiger partial charge in [-0.15, -0.1) is 0 Å². The zero-order valence-corrected chi connectivity index (χ0v) is 8.31. The number of benzene rings is 1. The minimum atomic E-state index is -2.55. The molecule has 2 unspecified atom stereocenters. The largest absolute Gasteiger partial charge is 0.345 e. The molecule has 0 saturated carbocycles. The summed E-state index contributed by atoms with van der Waals surface area (Å²) in [5.74, 6) is -0.565. The van der Waals surface area contributed by atoms with Gasteiger partial charge in [0.15, 0.2) is 0 Å². The second kappa shape index (κ2) is 5.18. The molecule has 0 aromatic heterocycles. The number of hydrogen-bond acceptors (Lipinski definition) is 2. The van der Waals surface area contributed by atoms with Crippen molar-refractivity contribution in [3.8, 4) is 0 Å². The van der Waals surface area contributed by atoms with Crippen molar-refractivity contribution in [3.05, 3.63) is 35.9 Å². The molecule has 2 atom stereocenters.